The topological polar surface area (TPSA) is 0 Å². The van der Waals surface area contributed by atoms with Crippen molar-refractivity contribution in [3.05, 3.63) is 78.2 Å². The third kappa shape index (κ3) is 8.33. The van der Waals surface area contributed by atoms with Gasteiger partial charge in [0.2, 0.25) is 0 Å². The Bertz CT molecular complexity index is 805. The minimum atomic E-state index is -1.73. The van der Waals surface area contributed by atoms with E-state index in [9.17, 15) is 0 Å². The van der Waals surface area contributed by atoms with Gasteiger partial charge in [0.25, 0.3) is 0 Å². The van der Waals surface area contributed by atoms with Crippen LogP contribution in [-0.4, -0.2) is 27.1 Å². The maximum Gasteiger partial charge on any atom is -0.0149 e. The number of fused-ring (bicyclic) bond motifs is 1. The summed E-state index contributed by atoms with van der Waals surface area (Å²) in [4.78, 5) is 0. The monoisotopic (exact) mass is 536 g/mol. The van der Waals surface area contributed by atoms with Crippen molar-refractivity contribution in [3.8, 4) is 0 Å². The molecule has 5 heteroatoms. The van der Waals surface area contributed by atoms with Crippen molar-refractivity contribution in [2.75, 3.05) is 0 Å². The molecule has 0 aliphatic heterocycles. The molecule has 0 heterocycles. The molecule has 0 radical (unpaired) electrons. The van der Waals surface area contributed by atoms with Crippen LogP contribution in [0.1, 0.15) is 12.8 Å². The summed E-state index contributed by atoms with van der Waals surface area (Å²) in [5, 5.41) is 9.63. The molecular weight excluding hydrogens is 487 g/mol. The second-order valence-corrected chi connectivity index (χ2v) is 35.9. The van der Waals surface area contributed by atoms with E-state index >= 15 is 0 Å². The van der Waals surface area contributed by atoms with E-state index in [1.165, 1.54) is 23.2 Å². The molecule has 0 saturated heterocycles. The fraction of sp³-hybridized carbons (Fsp3) is 0.481. The Kier molecular flexibility index (Phi) is 11.3. The number of hydrogen-bond acceptors (Lipinski definition) is 0. The van der Waals surface area contributed by atoms with Gasteiger partial charge in [-0.25, -0.2) is 0 Å². The molecule has 1 aromatic rings. The number of rotatable bonds is 6. The van der Waals surface area contributed by atoms with E-state index < -0.39 is 32.2 Å². The summed E-state index contributed by atoms with van der Waals surface area (Å²) in [6, 6.07) is 11.2. The van der Waals surface area contributed by atoms with Gasteiger partial charge in [0.15, 0.2) is 0 Å². The quantitative estimate of drug-likeness (QED) is 0.201. The van der Waals surface area contributed by atoms with Crippen LogP contribution >= 0.6 is 6.57 Å². The van der Waals surface area contributed by atoms with Gasteiger partial charge < -0.3 is 0 Å². The second kappa shape index (κ2) is 12.1. The first-order valence-corrected chi connectivity index (χ1v) is 26.2. The van der Waals surface area contributed by atoms with E-state index in [1.54, 1.807) is 5.30 Å². The Balaban J connectivity index is 0.000000346. The molecule has 32 heavy (non-hydrogen) atoms. The average Bonchev–Trinajstić information content (AvgIpc) is 3.11. The van der Waals surface area contributed by atoms with E-state index in [1.807, 2.05) is 0 Å². The summed E-state index contributed by atoms with van der Waals surface area (Å²) in [7, 11) is -2.39. The molecule has 0 amide bonds. The predicted molar refractivity (Wildman–Crippen MR) is 161 cm³/mol. The summed E-state index contributed by atoms with van der Waals surface area (Å²) in [6.07, 6.45) is 12.4. The molecule has 1 aromatic carbocycles. The van der Waals surface area contributed by atoms with Crippen LogP contribution in [0.15, 0.2) is 78.2 Å². The zero-order chi connectivity index (χ0) is 23.4. The van der Waals surface area contributed by atoms with Crippen LogP contribution in [-0.2, 0) is 16.1 Å². The molecule has 2 aliphatic carbocycles. The first kappa shape index (κ1) is 30.0. The van der Waals surface area contributed by atoms with Gasteiger partial charge in [-0.1, -0.05) is 62.8 Å². The van der Waals surface area contributed by atoms with E-state index in [0.29, 0.717) is 0 Å². The van der Waals surface area contributed by atoms with Gasteiger partial charge >= 0.3 is 122 Å². The summed E-state index contributed by atoms with van der Waals surface area (Å²) in [5.41, 5.74) is 0. The molecule has 0 aromatic heterocycles. The number of allylic oxidation sites excluding steroid dienone is 6. The summed E-state index contributed by atoms with van der Waals surface area (Å²) < 4.78 is 1.02. The zero-order valence-corrected chi connectivity index (χ0v) is 25.8. The number of hydrogen-bond donors (Lipinski definition) is 0. The Morgan fingerprint density at radius 1 is 0.844 bits per heavy atom. The van der Waals surface area contributed by atoms with Gasteiger partial charge in [-0.05, 0) is 11.0 Å². The largest absolute Gasteiger partial charge is 0.0149 e. The molecule has 0 N–H and O–H groups in total. The van der Waals surface area contributed by atoms with Crippen LogP contribution in [0.5, 0.6) is 0 Å². The van der Waals surface area contributed by atoms with Crippen molar-refractivity contribution in [3.63, 3.8) is 0 Å². The fourth-order valence-corrected chi connectivity index (χ4v) is 20.0. The SMILES string of the molecule is C=C(C(=C)[Si](C)(C)C)[Si](C)(C)C.[CH3][Ti]([CH3])([PH]c1ccccc1)[CH]1CCC2C=CC=CC21.[SiH4]. The van der Waals surface area contributed by atoms with E-state index in [0.717, 1.165) is 22.6 Å². The average molecular weight is 537 g/mol. The Labute approximate surface area is 210 Å². The van der Waals surface area contributed by atoms with Crippen LogP contribution in [0.3, 0.4) is 0 Å². The Morgan fingerprint density at radius 3 is 1.84 bits per heavy atom. The maximum absolute atomic E-state index is 4.19. The Hall–Kier alpha value is -0.0251. The minimum Gasteiger partial charge on any atom is -0.0149 e. The van der Waals surface area contributed by atoms with Crippen LogP contribution in [0.2, 0.25) is 54.0 Å². The first-order chi connectivity index (χ1) is 14.2. The smallest absolute Gasteiger partial charge is 0.0149 e. The van der Waals surface area contributed by atoms with Gasteiger partial charge in [0.05, 0.1) is 16.1 Å². The van der Waals surface area contributed by atoms with Crippen molar-refractivity contribution in [2.24, 2.45) is 11.8 Å². The van der Waals surface area contributed by atoms with Crippen LogP contribution in [0.25, 0.3) is 0 Å². The van der Waals surface area contributed by atoms with Gasteiger partial charge in [-0.3, -0.25) is 0 Å². The summed E-state index contributed by atoms with van der Waals surface area (Å²) in [5.74, 6) is 1.71. The molecule has 4 atom stereocenters. The van der Waals surface area contributed by atoms with Crippen molar-refractivity contribution in [1.29, 1.82) is 0 Å². The predicted octanol–water partition coefficient (Wildman–Crippen LogP) is 7.50. The van der Waals surface area contributed by atoms with Gasteiger partial charge in [0, 0.05) is 0 Å². The van der Waals surface area contributed by atoms with Crippen molar-refractivity contribution in [2.45, 2.75) is 66.8 Å². The van der Waals surface area contributed by atoms with Crippen molar-refractivity contribution < 1.29 is 16.1 Å². The molecule has 0 spiro atoms. The molecule has 1 fully saturated rings. The first-order valence-electron chi connectivity index (χ1n) is 11.8. The van der Waals surface area contributed by atoms with Crippen LogP contribution in [0.4, 0.5) is 0 Å². The molecular formula is C27H49PSi3Ti. The van der Waals surface area contributed by atoms with E-state index in [2.05, 4.69) is 118 Å². The second-order valence-electron chi connectivity index (χ2n) is 11.9. The Morgan fingerprint density at radius 2 is 1.34 bits per heavy atom. The summed E-state index contributed by atoms with van der Waals surface area (Å²) >= 11 is -1.73. The van der Waals surface area contributed by atoms with Gasteiger partial charge in [0.1, 0.15) is 0 Å². The molecule has 1 saturated carbocycles. The molecule has 4 unspecified atom stereocenters. The van der Waals surface area contributed by atoms with E-state index in [-0.39, 0.29) is 11.0 Å². The van der Waals surface area contributed by atoms with Crippen molar-refractivity contribution in [1.82, 2.24) is 0 Å². The van der Waals surface area contributed by atoms with Gasteiger partial charge in [-0.15, -0.1) is 0 Å². The molecule has 0 bridgehead atoms. The third-order valence-corrected chi connectivity index (χ3v) is 22.5. The third-order valence-electron chi connectivity index (χ3n) is 6.91. The van der Waals surface area contributed by atoms with Crippen LogP contribution < -0.4 is 5.30 Å². The standard InChI is InChI=1S/C10H22Si2.C9H11.C6H6P.2CH3.H4Si.Ti/c1-9(11(3,4)5)10(2)12(6,7)8;1-2-5-9-7-3-6-8(9)4-1;7-6-4-2-1-3-5-6;;;;/h1-2H2,3-8H3;1-2,4-6,8-9H,3,7H2;1-5,7H;2*1H3;1H4;/q;;-1;;;;+1. The van der Waals surface area contributed by atoms with Gasteiger partial charge in [-0.2, -0.15) is 0 Å². The summed E-state index contributed by atoms with van der Waals surface area (Å²) in [6.45, 7) is 23.5. The van der Waals surface area contributed by atoms with E-state index in [4.69, 9.17) is 0 Å². The molecule has 3 rings (SSSR count). The zero-order valence-electron chi connectivity index (χ0n) is 21.3. The van der Waals surface area contributed by atoms with Crippen molar-refractivity contribution >= 4 is 39.0 Å². The molecule has 0 nitrogen and oxygen atoms in total. The maximum atomic E-state index is 4.19. The molecule has 178 valence electrons. The van der Waals surface area contributed by atoms with Crippen LogP contribution in [0, 0.1) is 11.8 Å². The molecule has 2 aliphatic rings. The minimum absolute atomic E-state index is 0. The normalized spacial score (nSPS) is 22.7. The fourth-order valence-electron chi connectivity index (χ4n) is 4.69. The number of benzene rings is 1.